The molecule has 0 radical (unpaired) electrons. The zero-order chi connectivity index (χ0) is 15.5. The van der Waals surface area contributed by atoms with Crippen molar-refractivity contribution in [3.05, 3.63) is 0 Å². The average molecular weight is 296 g/mol. The van der Waals surface area contributed by atoms with Crippen LogP contribution in [0.3, 0.4) is 0 Å². The summed E-state index contributed by atoms with van der Waals surface area (Å²) in [5, 5.41) is 14.3. The standard InChI is InChI=1S/C18H36N2O/c1-18(2,3)17(21)11-14-10-16(13-20(4)12-14)19-15-8-6-5-7-9-15/h14-17,19,21H,5-13H2,1-4H3. The number of likely N-dealkylation sites (N-methyl/N-ethyl adjacent to an activating group) is 1. The van der Waals surface area contributed by atoms with Crippen LogP contribution in [0.25, 0.3) is 0 Å². The first-order chi connectivity index (χ1) is 9.84. The molecule has 1 aliphatic carbocycles. The zero-order valence-electron chi connectivity index (χ0n) is 14.6. The lowest BCUT2D eigenvalue weighted by molar-refractivity contribution is 0.0244. The first-order valence-corrected chi connectivity index (χ1v) is 8.97. The highest BCUT2D eigenvalue weighted by Crippen LogP contribution is 2.29. The fraction of sp³-hybridized carbons (Fsp3) is 1.00. The summed E-state index contributed by atoms with van der Waals surface area (Å²) in [4.78, 5) is 2.45. The van der Waals surface area contributed by atoms with E-state index in [9.17, 15) is 5.11 Å². The molecule has 124 valence electrons. The number of aliphatic hydroxyl groups is 1. The summed E-state index contributed by atoms with van der Waals surface area (Å²) >= 11 is 0. The van der Waals surface area contributed by atoms with Crippen molar-refractivity contribution in [1.29, 1.82) is 0 Å². The SMILES string of the molecule is CN1CC(CC(O)C(C)(C)C)CC(NC2CCCCC2)C1. The number of hydrogen-bond acceptors (Lipinski definition) is 3. The molecule has 1 saturated heterocycles. The van der Waals surface area contributed by atoms with Crippen molar-refractivity contribution in [3.8, 4) is 0 Å². The van der Waals surface area contributed by atoms with Gasteiger partial charge in [0.15, 0.2) is 0 Å². The molecule has 0 aromatic heterocycles. The number of rotatable bonds is 4. The van der Waals surface area contributed by atoms with Crippen LogP contribution in [0.1, 0.15) is 65.7 Å². The lowest BCUT2D eigenvalue weighted by Gasteiger charge is -2.40. The summed E-state index contributed by atoms with van der Waals surface area (Å²) in [5.41, 5.74) is 0.00230. The Hall–Kier alpha value is -0.120. The molecule has 2 aliphatic rings. The van der Waals surface area contributed by atoms with E-state index >= 15 is 0 Å². The molecule has 0 bridgehead atoms. The molecule has 3 unspecified atom stereocenters. The van der Waals surface area contributed by atoms with Gasteiger partial charge in [-0.05, 0) is 44.1 Å². The van der Waals surface area contributed by atoms with Gasteiger partial charge in [0.2, 0.25) is 0 Å². The van der Waals surface area contributed by atoms with E-state index in [4.69, 9.17) is 0 Å². The van der Waals surface area contributed by atoms with Gasteiger partial charge in [-0.2, -0.15) is 0 Å². The summed E-state index contributed by atoms with van der Waals surface area (Å²) in [6.07, 6.45) is 8.90. The minimum Gasteiger partial charge on any atom is -0.393 e. The van der Waals surface area contributed by atoms with Gasteiger partial charge in [-0.25, -0.2) is 0 Å². The maximum absolute atomic E-state index is 10.4. The second-order valence-electron chi connectivity index (χ2n) is 8.64. The Balaban J connectivity index is 1.83. The van der Waals surface area contributed by atoms with Gasteiger partial charge in [-0.1, -0.05) is 40.0 Å². The Morgan fingerprint density at radius 1 is 1.10 bits per heavy atom. The number of nitrogens with zero attached hydrogens (tertiary/aromatic N) is 1. The molecule has 3 nitrogen and oxygen atoms in total. The molecule has 0 aromatic carbocycles. The molecule has 1 aliphatic heterocycles. The number of likely N-dealkylation sites (tertiary alicyclic amines) is 1. The van der Waals surface area contributed by atoms with Gasteiger partial charge in [0.05, 0.1) is 6.10 Å². The second-order valence-corrected chi connectivity index (χ2v) is 8.64. The van der Waals surface area contributed by atoms with Crippen LogP contribution in [-0.4, -0.2) is 48.3 Å². The number of nitrogens with one attached hydrogen (secondary N) is 1. The highest BCUT2D eigenvalue weighted by molar-refractivity contribution is 4.88. The van der Waals surface area contributed by atoms with Gasteiger partial charge < -0.3 is 15.3 Å². The van der Waals surface area contributed by atoms with E-state index in [1.807, 2.05) is 0 Å². The van der Waals surface area contributed by atoms with Crippen LogP contribution in [-0.2, 0) is 0 Å². The van der Waals surface area contributed by atoms with E-state index in [0.29, 0.717) is 12.0 Å². The summed E-state index contributed by atoms with van der Waals surface area (Å²) in [5.74, 6) is 0.624. The van der Waals surface area contributed by atoms with Crippen LogP contribution in [0, 0.1) is 11.3 Å². The molecule has 2 fully saturated rings. The molecule has 1 heterocycles. The van der Waals surface area contributed by atoms with E-state index in [0.717, 1.165) is 19.0 Å². The summed E-state index contributed by atoms with van der Waals surface area (Å²) in [6.45, 7) is 8.72. The van der Waals surface area contributed by atoms with Crippen molar-refractivity contribution >= 4 is 0 Å². The van der Waals surface area contributed by atoms with Gasteiger partial charge in [0, 0.05) is 25.2 Å². The van der Waals surface area contributed by atoms with Crippen molar-refractivity contribution in [2.24, 2.45) is 11.3 Å². The van der Waals surface area contributed by atoms with Crippen LogP contribution in [0.4, 0.5) is 0 Å². The summed E-state index contributed by atoms with van der Waals surface area (Å²) in [6, 6.07) is 1.35. The lowest BCUT2D eigenvalue weighted by Crippen LogP contribution is -2.51. The molecule has 0 amide bonds. The maximum Gasteiger partial charge on any atom is 0.0591 e. The third-order valence-electron chi connectivity index (χ3n) is 5.35. The summed E-state index contributed by atoms with van der Waals surface area (Å²) in [7, 11) is 2.23. The van der Waals surface area contributed by atoms with Crippen LogP contribution in [0.5, 0.6) is 0 Å². The number of hydrogen-bond donors (Lipinski definition) is 2. The average Bonchev–Trinajstić information content (AvgIpc) is 2.38. The number of piperidine rings is 1. The molecule has 21 heavy (non-hydrogen) atoms. The first-order valence-electron chi connectivity index (χ1n) is 8.97. The van der Waals surface area contributed by atoms with E-state index in [2.05, 4.69) is 38.0 Å². The topological polar surface area (TPSA) is 35.5 Å². The van der Waals surface area contributed by atoms with Gasteiger partial charge in [0.25, 0.3) is 0 Å². The highest BCUT2D eigenvalue weighted by Gasteiger charge is 2.31. The van der Waals surface area contributed by atoms with Crippen molar-refractivity contribution in [1.82, 2.24) is 10.2 Å². The van der Waals surface area contributed by atoms with Gasteiger partial charge in [-0.15, -0.1) is 0 Å². The largest absolute Gasteiger partial charge is 0.393 e. The Morgan fingerprint density at radius 3 is 2.38 bits per heavy atom. The van der Waals surface area contributed by atoms with Gasteiger partial charge >= 0.3 is 0 Å². The first kappa shape index (κ1) is 17.2. The molecule has 3 heteroatoms. The smallest absolute Gasteiger partial charge is 0.0591 e. The van der Waals surface area contributed by atoms with Crippen LogP contribution in [0.15, 0.2) is 0 Å². The van der Waals surface area contributed by atoms with Crippen molar-refractivity contribution < 1.29 is 5.11 Å². The Bertz CT molecular complexity index is 307. The molecule has 2 N–H and O–H groups in total. The molecular formula is C18H36N2O. The van der Waals surface area contributed by atoms with Crippen LogP contribution in [0.2, 0.25) is 0 Å². The fourth-order valence-corrected chi connectivity index (χ4v) is 4.01. The minimum absolute atomic E-state index is 0.00230. The van der Waals surface area contributed by atoms with Gasteiger partial charge in [-0.3, -0.25) is 0 Å². The zero-order valence-corrected chi connectivity index (χ0v) is 14.6. The fourth-order valence-electron chi connectivity index (χ4n) is 4.01. The third kappa shape index (κ3) is 5.54. The summed E-state index contributed by atoms with van der Waals surface area (Å²) < 4.78 is 0. The predicted octanol–water partition coefficient (Wildman–Crippen LogP) is 3.03. The Kier molecular flexibility index (Phi) is 6.10. The van der Waals surface area contributed by atoms with E-state index in [-0.39, 0.29) is 11.5 Å². The van der Waals surface area contributed by atoms with E-state index in [1.54, 1.807) is 0 Å². The normalized spacial score (nSPS) is 31.3. The second kappa shape index (κ2) is 7.43. The molecule has 1 saturated carbocycles. The van der Waals surface area contributed by atoms with Crippen LogP contribution >= 0.6 is 0 Å². The van der Waals surface area contributed by atoms with E-state index < -0.39 is 0 Å². The van der Waals surface area contributed by atoms with Crippen LogP contribution < -0.4 is 5.32 Å². The van der Waals surface area contributed by atoms with Crippen molar-refractivity contribution in [2.45, 2.75) is 83.9 Å². The van der Waals surface area contributed by atoms with Gasteiger partial charge in [0.1, 0.15) is 0 Å². The molecule has 0 spiro atoms. The number of aliphatic hydroxyl groups excluding tert-OH is 1. The monoisotopic (exact) mass is 296 g/mol. The molecule has 2 rings (SSSR count). The maximum atomic E-state index is 10.4. The minimum atomic E-state index is -0.190. The van der Waals surface area contributed by atoms with E-state index in [1.165, 1.54) is 45.1 Å². The highest BCUT2D eigenvalue weighted by atomic mass is 16.3. The third-order valence-corrected chi connectivity index (χ3v) is 5.35. The Labute approximate surface area is 131 Å². The molecule has 0 aromatic rings. The van der Waals surface area contributed by atoms with Crippen molar-refractivity contribution in [3.63, 3.8) is 0 Å². The lowest BCUT2D eigenvalue weighted by atomic mass is 9.80. The molecular weight excluding hydrogens is 260 g/mol. The van der Waals surface area contributed by atoms with Crippen molar-refractivity contribution in [2.75, 3.05) is 20.1 Å². The predicted molar refractivity (Wildman–Crippen MR) is 89.5 cm³/mol. The Morgan fingerprint density at radius 2 is 1.76 bits per heavy atom. The quantitative estimate of drug-likeness (QED) is 0.837. The molecule has 3 atom stereocenters.